The van der Waals surface area contributed by atoms with Crippen molar-refractivity contribution in [2.45, 2.75) is 32.0 Å². The Morgan fingerprint density at radius 2 is 1.89 bits per heavy atom. The number of benzene rings is 2. The normalized spacial score (nSPS) is 17.6. The van der Waals surface area contributed by atoms with E-state index in [1.165, 1.54) is 12.1 Å². The number of pyridine rings is 1. The molecule has 1 fully saturated rings. The third-order valence-corrected chi connectivity index (χ3v) is 6.67. The minimum atomic E-state index is -0.316. The SMILES string of the molecule is CC(C)Oc1ccc(N2C(=S)N[C@@H](c3ccccn3)[C@@H]2c2ccc(-c3ccc(F)cc3Br)o2)cc1. The Labute approximate surface area is 217 Å². The molecule has 1 saturated heterocycles. The van der Waals surface area contributed by atoms with Crippen molar-refractivity contribution in [3.05, 3.63) is 101 Å². The van der Waals surface area contributed by atoms with Gasteiger partial charge in [0.2, 0.25) is 0 Å². The maximum Gasteiger partial charge on any atom is 0.174 e. The summed E-state index contributed by atoms with van der Waals surface area (Å²) < 4.78 is 26.4. The summed E-state index contributed by atoms with van der Waals surface area (Å²) in [7, 11) is 0. The van der Waals surface area contributed by atoms with E-state index in [1.54, 1.807) is 12.3 Å². The van der Waals surface area contributed by atoms with Crippen LogP contribution in [0.4, 0.5) is 10.1 Å². The molecule has 0 spiro atoms. The van der Waals surface area contributed by atoms with Crippen LogP contribution in [0.3, 0.4) is 0 Å². The largest absolute Gasteiger partial charge is 0.491 e. The van der Waals surface area contributed by atoms with Gasteiger partial charge in [-0.15, -0.1) is 0 Å². The highest BCUT2D eigenvalue weighted by Gasteiger charge is 2.42. The van der Waals surface area contributed by atoms with E-state index in [0.29, 0.717) is 21.1 Å². The predicted molar refractivity (Wildman–Crippen MR) is 142 cm³/mol. The van der Waals surface area contributed by atoms with E-state index in [2.05, 4.69) is 26.2 Å². The summed E-state index contributed by atoms with van der Waals surface area (Å²) in [6.45, 7) is 3.99. The van der Waals surface area contributed by atoms with Gasteiger partial charge in [-0.25, -0.2) is 4.39 Å². The fraction of sp³-hybridized carbons (Fsp3) is 0.185. The molecule has 35 heavy (non-hydrogen) atoms. The number of anilines is 1. The number of thiocarbonyl (C=S) groups is 1. The molecule has 0 saturated carbocycles. The molecule has 3 heterocycles. The van der Waals surface area contributed by atoms with E-state index >= 15 is 0 Å². The van der Waals surface area contributed by atoms with Crippen LogP contribution < -0.4 is 15.0 Å². The lowest BCUT2D eigenvalue weighted by Crippen LogP contribution is -2.29. The number of aromatic nitrogens is 1. The fourth-order valence-electron chi connectivity index (χ4n) is 4.23. The second kappa shape index (κ2) is 9.79. The number of nitrogens with one attached hydrogen (secondary N) is 1. The Morgan fingerprint density at radius 1 is 1.09 bits per heavy atom. The molecule has 0 amide bonds. The molecule has 8 heteroatoms. The van der Waals surface area contributed by atoms with Crippen molar-refractivity contribution in [1.82, 2.24) is 10.3 Å². The number of rotatable bonds is 6. The molecule has 4 aromatic rings. The molecule has 2 aromatic heterocycles. The number of hydrogen-bond acceptors (Lipinski definition) is 4. The molecule has 1 aliphatic rings. The monoisotopic (exact) mass is 551 g/mol. The van der Waals surface area contributed by atoms with Crippen molar-refractivity contribution in [1.29, 1.82) is 0 Å². The van der Waals surface area contributed by atoms with Crippen LogP contribution in [0.25, 0.3) is 11.3 Å². The molecule has 1 N–H and O–H groups in total. The highest BCUT2D eigenvalue weighted by atomic mass is 79.9. The first-order chi connectivity index (χ1) is 16.9. The number of furan rings is 1. The Bertz CT molecular complexity index is 1340. The van der Waals surface area contributed by atoms with Gasteiger partial charge in [-0.2, -0.15) is 0 Å². The quantitative estimate of drug-likeness (QED) is 0.255. The van der Waals surface area contributed by atoms with Crippen LogP contribution in [0.1, 0.15) is 37.4 Å². The lowest BCUT2D eigenvalue weighted by Gasteiger charge is -2.26. The molecular formula is C27H23BrFN3O2S. The molecule has 0 bridgehead atoms. The van der Waals surface area contributed by atoms with Crippen LogP contribution in [0.5, 0.6) is 5.75 Å². The molecule has 0 aliphatic carbocycles. The van der Waals surface area contributed by atoms with Gasteiger partial charge in [-0.3, -0.25) is 4.98 Å². The van der Waals surface area contributed by atoms with Crippen LogP contribution in [-0.4, -0.2) is 16.2 Å². The summed E-state index contributed by atoms with van der Waals surface area (Å²) >= 11 is 9.22. The topological polar surface area (TPSA) is 50.5 Å². The molecule has 2 atom stereocenters. The van der Waals surface area contributed by atoms with Crippen LogP contribution in [0.2, 0.25) is 0 Å². The number of hydrogen-bond donors (Lipinski definition) is 1. The van der Waals surface area contributed by atoms with Crippen LogP contribution in [-0.2, 0) is 0 Å². The third kappa shape index (κ3) is 4.81. The van der Waals surface area contributed by atoms with Crippen LogP contribution in [0.15, 0.2) is 87.9 Å². The minimum absolute atomic E-state index is 0.0870. The van der Waals surface area contributed by atoms with Gasteiger partial charge in [0, 0.05) is 21.9 Å². The average Bonchev–Trinajstić information content (AvgIpc) is 3.44. The third-order valence-electron chi connectivity index (χ3n) is 5.70. The van der Waals surface area contributed by atoms with Gasteiger partial charge >= 0.3 is 0 Å². The second-order valence-corrected chi connectivity index (χ2v) is 9.72. The molecule has 5 rings (SSSR count). The van der Waals surface area contributed by atoms with Crippen molar-refractivity contribution in [2.75, 3.05) is 4.90 Å². The fourth-order valence-corrected chi connectivity index (χ4v) is 5.12. The van der Waals surface area contributed by atoms with E-state index in [0.717, 1.165) is 22.7 Å². The molecule has 0 radical (unpaired) electrons. The zero-order chi connectivity index (χ0) is 24.5. The van der Waals surface area contributed by atoms with E-state index in [-0.39, 0.29) is 24.0 Å². The van der Waals surface area contributed by atoms with Crippen molar-refractivity contribution in [3.63, 3.8) is 0 Å². The van der Waals surface area contributed by atoms with Gasteiger partial charge in [0.1, 0.15) is 29.1 Å². The van der Waals surface area contributed by atoms with Gasteiger partial charge in [-0.05, 0) is 109 Å². The summed E-state index contributed by atoms with van der Waals surface area (Å²) in [6.07, 6.45) is 1.85. The van der Waals surface area contributed by atoms with E-state index < -0.39 is 0 Å². The van der Waals surface area contributed by atoms with Crippen LogP contribution in [0, 0.1) is 5.82 Å². The van der Waals surface area contributed by atoms with Gasteiger partial charge in [0.25, 0.3) is 0 Å². The highest BCUT2D eigenvalue weighted by Crippen LogP contribution is 2.43. The van der Waals surface area contributed by atoms with Crippen molar-refractivity contribution < 1.29 is 13.5 Å². The van der Waals surface area contributed by atoms with Gasteiger partial charge in [0.05, 0.1) is 17.8 Å². The molecular weight excluding hydrogens is 529 g/mol. The van der Waals surface area contributed by atoms with Gasteiger partial charge < -0.3 is 19.4 Å². The van der Waals surface area contributed by atoms with Crippen molar-refractivity contribution >= 4 is 38.9 Å². The van der Waals surface area contributed by atoms with E-state index in [1.807, 2.05) is 73.3 Å². The summed E-state index contributed by atoms with van der Waals surface area (Å²) in [4.78, 5) is 6.61. The standard InChI is InChI=1S/C27H23BrFN3O2S/c1-16(2)33-19-9-7-18(8-10-19)32-26(25(31-27(32)35)22-5-3-4-14-30-22)24-13-12-23(34-24)20-11-6-17(29)15-21(20)28/h3-16,25-26H,1-2H3,(H,31,35)/t25-,26-/m0/s1. The summed E-state index contributed by atoms with van der Waals surface area (Å²) in [5, 5.41) is 4.00. The zero-order valence-corrected chi connectivity index (χ0v) is 21.5. The molecule has 2 aromatic carbocycles. The highest BCUT2D eigenvalue weighted by molar-refractivity contribution is 9.10. The Kier molecular flexibility index (Phi) is 6.58. The van der Waals surface area contributed by atoms with Gasteiger partial charge in [0.15, 0.2) is 5.11 Å². The van der Waals surface area contributed by atoms with E-state index in [9.17, 15) is 4.39 Å². The zero-order valence-electron chi connectivity index (χ0n) is 19.1. The molecule has 5 nitrogen and oxygen atoms in total. The Balaban J connectivity index is 1.56. The first kappa shape index (κ1) is 23.5. The number of nitrogens with zero attached hydrogens (tertiary/aromatic N) is 2. The van der Waals surface area contributed by atoms with Crippen LogP contribution >= 0.6 is 28.1 Å². The Morgan fingerprint density at radius 3 is 2.57 bits per heavy atom. The second-order valence-electron chi connectivity index (χ2n) is 8.48. The Hall–Kier alpha value is -3.23. The molecule has 0 unspecified atom stereocenters. The predicted octanol–water partition coefficient (Wildman–Crippen LogP) is 7.21. The van der Waals surface area contributed by atoms with E-state index in [4.69, 9.17) is 21.4 Å². The van der Waals surface area contributed by atoms with Crippen molar-refractivity contribution in [2.24, 2.45) is 0 Å². The lowest BCUT2D eigenvalue weighted by molar-refractivity contribution is 0.242. The van der Waals surface area contributed by atoms with Crippen molar-refractivity contribution in [3.8, 4) is 17.1 Å². The summed E-state index contributed by atoms with van der Waals surface area (Å²) in [5.41, 5.74) is 2.52. The maximum atomic E-state index is 13.6. The lowest BCUT2D eigenvalue weighted by atomic mass is 10.0. The number of halogens is 2. The maximum absolute atomic E-state index is 13.6. The summed E-state index contributed by atoms with van der Waals surface area (Å²) in [6, 6.07) is 21.5. The molecule has 1 aliphatic heterocycles. The average molecular weight is 552 g/mol. The molecule has 178 valence electrons. The first-order valence-corrected chi connectivity index (χ1v) is 12.4. The smallest absolute Gasteiger partial charge is 0.174 e. The summed E-state index contributed by atoms with van der Waals surface area (Å²) in [5.74, 6) is 1.82. The van der Waals surface area contributed by atoms with Gasteiger partial charge in [-0.1, -0.05) is 6.07 Å². The number of ether oxygens (including phenoxy) is 1. The first-order valence-electron chi connectivity index (χ1n) is 11.2. The minimum Gasteiger partial charge on any atom is -0.491 e.